The standard InChI is InChI=1S/C9H6ClIN2O/c1-5-12-9(14-13-5)6-2-7(10)4-8(11)3-6/h2-4H,1H3. The van der Waals surface area contributed by atoms with Crippen molar-refractivity contribution in [3.63, 3.8) is 0 Å². The molecule has 1 aromatic heterocycles. The van der Waals surface area contributed by atoms with Crippen LogP contribution in [0, 0.1) is 10.5 Å². The van der Waals surface area contributed by atoms with Gasteiger partial charge in [0.05, 0.1) is 0 Å². The molecule has 0 amide bonds. The van der Waals surface area contributed by atoms with Crippen LogP contribution in [0.4, 0.5) is 0 Å². The number of aryl methyl sites for hydroxylation is 1. The maximum Gasteiger partial charge on any atom is 0.257 e. The molecule has 5 heteroatoms. The molecule has 0 atom stereocenters. The molecule has 0 N–H and O–H groups in total. The molecule has 0 aliphatic carbocycles. The van der Waals surface area contributed by atoms with Crippen molar-refractivity contribution in [2.75, 3.05) is 0 Å². The van der Waals surface area contributed by atoms with Crippen LogP contribution in [0.25, 0.3) is 11.5 Å². The Morgan fingerprint density at radius 3 is 2.71 bits per heavy atom. The van der Waals surface area contributed by atoms with Gasteiger partial charge in [-0.2, -0.15) is 4.98 Å². The third kappa shape index (κ3) is 2.06. The molecular formula is C9H6ClIN2O. The number of hydrogen-bond donors (Lipinski definition) is 0. The lowest BCUT2D eigenvalue weighted by Gasteiger charge is -1.96. The van der Waals surface area contributed by atoms with Gasteiger partial charge in [-0.25, -0.2) is 0 Å². The number of rotatable bonds is 1. The molecule has 0 radical (unpaired) electrons. The highest BCUT2D eigenvalue weighted by Gasteiger charge is 2.07. The fourth-order valence-corrected chi connectivity index (χ4v) is 2.18. The first kappa shape index (κ1) is 9.92. The molecule has 0 aliphatic heterocycles. The second kappa shape index (κ2) is 3.86. The van der Waals surface area contributed by atoms with E-state index in [1.165, 1.54) is 0 Å². The first-order valence-corrected chi connectivity index (χ1v) is 5.37. The Labute approximate surface area is 99.6 Å². The fraction of sp³-hybridized carbons (Fsp3) is 0.111. The first-order chi connectivity index (χ1) is 6.65. The van der Waals surface area contributed by atoms with Crippen molar-refractivity contribution in [1.82, 2.24) is 10.1 Å². The number of aromatic nitrogens is 2. The molecule has 1 aromatic carbocycles. The summed E-state index contributed by atoms with van der Waals surface area (Å²) in [6.07, 6.45) is 0. The van der Waals surface area contributed by atoms with E-state index in [1.807, 2.05) is 12.1 Å². The Bertz CT molecular complexity index is 449. The van der Waals surface area contributed by atoms with E-state index in [2.05, 4.69) is 32.7 Å². The summed E-state index contributed by atoms with van der Waals surface area (Å²) in [7, 11) is 0. The molecule has 0 unspecified atom stereocenters. The Morgan fingerprint density at radius 1 is 1.36 bits per heavy atom. The molecule has 14 heavy (non-hydrogen) atoms. The predicted molar refractivity (Wildman–Crippen MR) is 62.2 cm³/mol. The van der Waals surface area contributed by atoms with Crippen molar-refractivity contribution in [3.05, 3.63) is 32.6 Å². The van der Waals surface area contributed by atoms with Crippen LogP contribution in [-0.2, 0) is 0 Å². The van der Waals surface area contributed by atoms with Gasteiger partial charge in [0, 0.05) is 14.2 Å². The van der Waals surface area contributed by atoms with E-state index in [-0.39, 0.29) is 0 Å². The second-order valence-electron chi connectivity index (χ2n) is 2.80. The molecule has 0 spiro atoms. The van der Waals surface area contributed by atoms with Crippen LogP contribution in [0.3, 0.4) is 0 Å². The largest absolute Gasteiger partial charge is 0.334 e. The van der Waals surface area contributed by atoms with Gasteiger partial charge in [-0.15, -0.1) is 0 Å². The van der Waals surface area contributed by atoms with Crippen LogP contribution < -0.4 is 0 Å². The van der Waals surface area contributed by atoms with E-state index in [1.54, 1.807) is 13.0 Å². The number of benzene rings is 1. The van der Waals surface area contributed by atoms with Crippen molar-refractivity contribution in [1.29, 1.82) is 0 Å². The van der Waals surface area contributed by atoms with Gasteiger partial charge in [0.25, 0.3) is 5.89 Å². The van der Waals surface area contributed by atoms with Crippen LogP contribution in [0.1, 0.15) is 5.82 Å². The van der Waals surface area contributed by atoms with Crippen LogP contribution >= 0.6 is 34.2 Å². The molecule has 0 saturated carbocycles. The van der Waals surface area contributed by atoms with Gasteiger partial charge in [-0.05, 0) is 47.7 Å². The van der Waals surface area contributed by atoms with E-state index < -0.39 is 0 Å². The maximum absolute atomic E-state index is 5.91. The minimum atomic E-state index is 0.503. The van der Waals surface area contributed by atoms with E-state index >= 15 is 0 Å². The van der Waals surface area contributed by atoms with Gasteiger partial charge in [0.15, 0.2) is 5.82 Å². The van der Waals surface area contributed by atoms with Gasteiger partial charge in [-0.3, -0.25) is 0 Å². The van der Waals surface area contributed by atoms with E-state index in [0.717, 1.165) is 9.13 Å². The quantitative estimate of drug-likeness (QED) is 0.757. The van der Waals surface area contributed by atoms with Crippen LogP contribution in [0.2, 0.25) is 5.02 Å². The van der Waals surface area contributed by atoms with Crippen LogP contribution in [0.5, 0.6) is 0 Å². The highest BCUT2D eigenvalue weighted by atomic mass is 127. The highest BCUT2D eigenvalue weighted by molar-refractivity contribution is 14.1. The molecule has 2 aromatic rings. The third-order valence-corrected chi connectivity index (χ3v) is 2.48. The molecule has 0 aliphatic rings. The van der Waals surface area contributed by atoms with Gasteiger partial charge < -0.3 is 4.52 Å². The zero-order valence-corrected chi connectivity index (χ0v) is 10.2. The minimum absolute atomic E-state index is 0.503. The molecule has 2 rings (SSSR count). The fourth-order valence-electron chi connectivity index (χ4n) is 1.09. The van der Waals surface area contributed by atoms with Crippen molar-refractivity contribution >= 4 is 34.2 Å². The van der Waals surface area contributed by atoms with Crippen molar-refractivity contribution < 1.29 is 4.52 Å². The Hall–Kier alpha value is -0.620. The van der Waals surface area contributed by atoms with Crippen LogP contribution in [0.15, 0.2) is 22.7 Å². The van der Waals surface area contributed by atoms with E-state index in [9.17, 15) is 0 Å². The van der Waals surface area contributed by atoms with E-state index in [0.29, 0.717) is 16.7 Å². The van der Waals surface area contributed by atoms with Crippen molar-refractivity contribution in [2.24, 2.45) is 0 Å². The summed E-state index contributed by atoms with van der Waals surface area (Å²) in [5.74, 6) is 1.12. The Balaban J connectivity index is 2.51. The first-order valence-electron chi connectivity index (χ1n) is 3.92. The molecular weight excluding hydrogens is 314 g/mol. The summed E-state index contributed by atoms with van der Waals surface area (Å²) >= 11 is 8.10. The van der Waals surface area contributed by atoms with Gasteiger partial charge in [-0.1, -0.05) is 16.8 Å². The second-order valence-corrected chi connectivity index (χ2v) is 4.49. The highest BCUT2D eigenvalue weighted by Crippen LogP contribution is 2.24. The summed E-state index contributed by atoms with van der Waals surface area (Å²) in [6.45, 7) is 1.78. The SMILES string of the molecule is Cc1noc(-c2cc(Cl)cc(I)c2)n1. The normalized spacial score (nSPS) is 10.5. The summed E-state index contributed by atoms with van der Waals surface area (Å²) in [5.41, 5.74) is 0.850. The topological polar surface area (TPSA) is 38.9 Å². The molecule has 72 valence electrons. The zero-order chi connectivity index (χ0) is 10.1. The van der Waals surface area contributed by atoms with Crippen LogP contribution in [-0.4, -0.2) is 10.1 Å². The molecule has 1 heterocycles. The smallest absolute Gasteiger partial charge is 0.257 e. The zero-order valence-electron chi connectivity index (χ0n) is 7.29. The summed E-state index contributed by atoms with van der Waals surface area (Å²) in [5, 5.41) is 4.39. The molecule has 0 bridgehead atoms. The maximum atomic E-state index is 5.91. The molecule has 3 nitrogen and oxygen atoms in total. The minimum Gasteiger partial charge on any atom is -0.334 e. The lowest BCUT2D eigenvalue weighted by molar-refractivity contribution is 0.425. The van der Waals surface area contributed by atoms with Gasteiger partial charge in [0.1, 0.15) is 0 Å². The number of hydrogen-bond acceptors (Lipinski definition) is 3. The summed E-state index contributed by atoms with van der Waals surface area (Å²) in [4.78, 5) is 4.12. The summed E-state index contributed by atoms with van der Waals surface area (Å²) < 4.78 is 6.08. The number of nitrogens with zero attached hydrogens (tertiary/aromatic N) is 2. The lowest BCUT2D eigenvalue weighted by Crippen LogP contribution is -1.80. The molecule has 0 fully saturated rings. The van der Waals surface area contributed by atoms with E-state index in [4.69, 9.17) is 16.1 Å². The van der Waals surface area contributed by atoms with Crippen molar-refractivity contribution in [3.8, 4) is 11.5 Å². The van der Waals surface area contributed by atoms with Crippen molar-refractivity contribution in [2.45, 2.75) is 6.92 Å². The summed E-state index contributed by atoms with van der Waals surface area (Å²) in [6, 6.07) is 5.62. The predicted octanol–water partition coefficient (Wildman–Crippen LogP) is 3.30. The van der Waals surface area contributed by atoms with Gasteiger partial charge >= 0.3 is 0 Å². The lowest BCUT2D eigenvalue weighted by atomic mass is 10.2. The average molecular weight is 321 g/mol. The number of halogens is 2. The Morgan fingerprint density at radius 2 is 2.14 bits per heavy atom. The Kier molecular flexibility index (Phi) is 2.73. The average Bonchev–Trinajstić information content (AvgIpc) is 2.50. The monoisotopic (exact) mass is 320 g/mol. The molecule has 0 saturated heterocycles. The third-order valence-electron chi connectivity index (χ3n) is 1.64. The van der Waals surface area contributed by atoms with Gasteiger partial charge in [0.2, 0.25) is 0 Å².